The number of rotatable bonds is 2. The fourth-order valence-electron chi connectivity index (χ4n) is 1.01. The molecule has 1 aromatic carbocycles. The lowest BCUT2D eigenvalue weighted by Crippen LogP contribution is -2.13. The number of hydrogen-bond donors (Lipinski definition) is 1. The standard InChI is InChI=1S/C9H11BrFN/c1-6(12-2)8-4-3-7(10)5-9(8)11/h3-6,12H,1-2H3. The highest BCUT2D eigenvalue weighted by Crippen LogP contribution is 2.20. The highest BCUT2D eigenvalue weighted by atomic mass is 79.9. The second-order valence-electron chi connectivity index (χ2n) is 2.68. The molecule has 0 amide bonds. The maximum absolute atomic E-state index is 13.2. The second-order valence-corrected chi connectivity index (χ2v) is 3.59. The van der Waals surface area contributed by atoms with E-state index in [1.165, 1.54) is 6.07 Å². The molecule has 1 atom stereocenters. The smallest absolute Gasteiger partial charge is 0.129 e. The first-order valence-electron chi connectivity index (χ1n) is 3.77. The highest BCUT2D eigenvalue weighted by Gasteiger charge is 2.08. The zero-order chi connectivity index (χ0) is 9.14. The van der Waals surface area contributed by atoms with E-state index in [0.717, 1.165) is 4.47 Å². The average molecular weight is 232 g/mol. The molecule has 1 rings (SSSR count). The number of benzene rings is 1. The van der Waals surface area contributed by atoms with Crippen molar-refractivity contribution in [2.75, 3.05) is 7.05 Å². The molecule has 1 nitrogen and oxygen atoms in total. The van der Waals surface area contributed by atoms with E-state index in [9.17, 15) is 4.39 Å². The Morgan fingerprint density at radius 2 is 2.17 bits per heavy atom. The molecule has 3 heteroatoms. The van der Waals surface area contributed by atoms with Crippen LogP contribution in [0.15, 0.2) is 22.7 Å². The van der Waals surface area contributed by atoms with Crippen LogP contribution in [-0.4, -0.2) is 7.05 Å². The van der Waals surface area contributed by atoms with Crippen molar-refractivity contribution in [2.45, 2.75) is 13.0 Å². The number of halogens is 2. The summed E-state index contributed by atoms with van der Waals surface area (Å²) in [6, 6.07) is 5.15. The minimum atomic E-state index is -0.175. The van der Waals surface area contributed by atoms with E-state index in [1.54, 1.807) is 6.07 Å². The molecule has 0 aliphatic carbocycles. The normalized spacial score (nSPS) is 13.0. The Morgan fingerprint density at radius 1 is 1.50 bits per heavy atom. The largest absolute Gasteiger partial charge is 0.313 e. The van der Waals surface area contributed by atoms with E-state index in [4.69, 9.17) is 0 Å². The summed E-state index contributed by atoms with van der Waals surface area (Å²) in [5.74, 6) is -0.175. The van der Waals surface area contributed by atoms with Crippen molar-refractivity contribution >= 4 is 15.9 Å². The quantitative estimate of drug-likeness (QED) is 0.826. The van der Waals surface area contributed by atoms with Gasteiger partial charge in [-0.3, -0.25) is 0 Å². The van der Waals surface area contributed by atoms with E-state index in [2.05, 4.69) is 21.2 Å². The van der Waals surface area contributed by atoms with Crippen molar-refractivity contribution in [2.24, 2.45) is 0 Å². The van der Waals surface area contributed by atoms with Crippen LogP contribution in [0, 0.1) is 5.82 Å². The predicted molar refractivity (Wildman–Crippen MR) is 51.6 cm³/mol. The second kappa shape index (κ2) is 4.01. The van der Waals surface area contributed by atoms with Gasteiger partial charge < -0.3 is 5.32 Å². The summed E-state index contributed by atoms with van der Waals surface area (Å²) < 4.78 is 14.0. The predicted octanol–water partition coefficient (Wildman–Crippen LogP) is 2.87. The summed E-state index contributed by atoms with van der Waals surface area (Å²) in [5.41, 5.74) is 0.695. The zero-order valence-electron chi connectivity index (χ0n) is 7.07. The van der Waals surface area contributed by atoms with Crippen LogP contribution in [-0.2, 0) is 0 Å². The van der Waals surface area contributed by atoms with E-state index >= 15 is 0 Å². The summed E-state index contributed by atoms with van der Waals surface area (Å²) in [4.78, 5) is 0. The van der Waals surface area contributed by atoms with Crippen LogP contribution in [0.4, 0.5) is 4.39 Å². The van der Waals surface area contributed by atoms with Crippen molar-refractivity contribution in [3.05, 3.63) is 34.1 Å². The Kier molecular flexibility index (Phi) is 3.23. The van der Waals surface area contributed by atoms with Gasteiger partial charge in [0.15, 0.2) is 0 Å². The summed E-state index contributed by atoms with van der Waals surface area (Å²) in [5, 5.41) is 2.99. The van der Waals surface area contributed by atoms with Gasteiger partial charge in [0.25, 0.3) is 0 Å². The molecule has 1 N–H and O–H groups in total. The van der Waals surface area contributed by atoms with Crippen LogP contribution in [0.3, 0.4) is 0 Å². The molecule has 12 heavy (non-hydrogen) atoms. The maximum Gasteiger partial charge on any atom is 0.129 e. The van der Waals surface area contributed by atoms with Crippen molar-refractivity contribution < 1.29 is 4.39 Å². The maximum atomic E-state index is 13.2. The average Bonchev–Trinajstić information content (AvgIpc) is 2.03. The Balaban J connectivity index is 3.01. The van der Waals surface area contributed by atoms with Crippen molar-refractivity contribution in [1.82, 2.24) is 5.32 Å². The third-order valence-corrected chi connectivity index (χ3v) is 2.36. The van der Waals surface area contributed by atoms with Crippen LogP contribution in [0.5, 0.6) is 0 Å². The van der Waals surface area contributed by atoms with Crippen LogP contribution in [0.25, 0.3) is 0 Å². The van der Waals surface area contributed by atoms with Gasteiger partial charge in [-0.2, -0.15) is 0 Å². The number of hydrogen-bond acceptors (Lipinski definition) is 1. The molecule has 0 fully saturated rings. The molecule has 0 heterocycles. The van der Waals surface area contributed by atoms with E-state index in [-0.39, 0.29) is 11.9 Å². The van der Waals surface area contributed by atoms with Gasteiger partial charge >= 0.3 is 0 Å². The van der Waals surface area contributed by atoms with Crippen molar-refractivity contribution in [1.29, 1.82) is 0 Å². The summed E-state index contributed by atoms with van der Waals surface area (Å²) in [6.07, 6.45) is 0. The van der Waals surface area contributed by atoms with Gasteiger partial charge in [-0.25, -0.2) is 4.39 Å². The van der Waals surface area contributed by atoms with Gasteiger partial charge in [0.2, 0.25) is 0 Å². The molecule has 0 bridgehead atoms. The Morgan fingerprint density at radius 3 is 2.67 bits per heavy atom. The molecule has 0 aliphatic rings. The molecule has 66 valence electrons. The first kappa shape index (κ1) is 9.68. The Hall–Kier alpha value is -0.410. The highest BCUT2D eigenvalue weighted by molar-refractivity contribution is 9.10. The van der Waals surface area contributed by atoms with Gasteiger partial charge in [0.05, 0.1) is 0 Å². The van der Waals surface area contributed by atoms with Gasteiger partial charge in [0.1, 0.15) is 5.82 Å². The van der Waals surface area contributed by atoms with E-state index in [0.29, 0.717) is 5.56 Å². The van der Waals surface area contributed by atoms with Gasteiger partial charge in [-0.15, -0.1) is 0 Å². The Labute approximate surface area is 80.1 Å². The molecule has 0 saturated heterocycles. The summed E-state index contributed by atoms with van der Waals surface area (Å²) >= 11 is 3.21. The lowest BCUT2D eigenvalue weighted by Gasteiger charge is -2.11. The summed E-state index contributed by atoms with van der Waals surface area (Å²) in [6.45, 7) is 1.92. The topological polar surface area (TPSA) is 12.0 Å². The van der Waals surface area contributed by atoms with Gasteiger partial charge in [0, 0.05) is 16.1 Å². The third kappa shape index (κ3) is 2.05. The monoisotopic (exact) mass is 231 g/mol. The zero-order valence-corrected chi connectivity index (χ0v) is 8.65. The first-order chi connectivity index (χ1) is 5.65. The fourth-order valence-corrected chi connectivity index (χ4v) is 1.34. The van der Waals surface area contributed by atoms with Crippen molar-refractivity contribution in [3.63, 3.8) is 0 Å². The molecule has 0 aliphatic heterocycles. The van der Waals surface area contributed by atoms with Gasteiger partial charge in [-0.1, -0.05) is 22.0 Å². The first-order valence-corrected chi connectivity index (χ1v) is 4.56. The van der Waals surface area contributed by atoms with Crippen LogP contribution >= 0.6 is 15.9 Å². The van der Waals surface area contributed by atoms with Gasteiger partial charge in [-0.05, 0) is 26.1 Å². The lowest BCUT2D eigenvalue weighted by molar-refractivity contribution is 0.561. The molecule has 0 aromatic heterocycles. The fraction of sp³-hybridized carbons (Fsp3) is 0.333. The molecular weight excluding hydrogens is 221 g/mol. The van der Waals surface area contributed by atoms with Crippen molar-refractivity contribution in [3.8, 4) is 0 Å². The molecule has 1 unspecified atom stereocenters. The number of nitrogens with one attached hydrogen (secondary N) is 1. The summed E-state index contributed by atoms with van der Waals surface area (Å²) in [7, 11) is 1.81. The third-order valence-electron chi connectivity index (χ3n) is 1.86. The molecule has 0 radical (unpaired) electrons. The minimum absolute atomic E-state index is 0.0538. The Bertz CT molecular complexity index is 275. The van der Waals surface area contributed by atoms with Crippen LogP contribution in [0.2, 0.25) is 0 Å². The molecule has 1 aromatic rings. The SMILES string of the molecule is CNC(C)c1ccc(Br)cc1F. The van der Waals surface area contributed by atoms with Crippen LogP contribution in [0.1, 0.15) is 18.5 Å². The lowest BCUT2D eigenvalue weighted by atomic mass is 10.1. The van der Waals surface area contributed by atoms with E-state index in [1.807, 2.05) is 20.0 Å². The molecule has 0 saturated carbocycles. The van der Waals surface area contributed by atoms with E-state index < -0.39 is 0 Å². The molecule has 0 spiro atoms. The molecular formula is C9H11BrFN. The van der Waals surface area contributed by atoms with Crippen LogP contribution < -0.4 is 5.32 Å². The minimum Gasteiger partial charge on any atom is -0.313 e.